The number of carbonyl (C=O) groups excluding carboxylic acids is 1. The van der Waals surface area contributed by atoms with E-state index >= 15 is 0 Å². The molecule has 2 rings (SSSR count). The number of hydrogen-bond acceptors (Lipinski definition) is 13. The molecule has 14 nitrogen and oxygen atoms in total. The number of carbonyl (C=O) groups is 1. The van der Waals surface area contributed by atoms with Gasteiger partial charge in [0.1, 0.15) is 48.8 Å². The summed E-state index contributed by atoms with van der Waals surface area (Å²) in [6, 6.07) is -0.923. The highest BCUT2D eigenvalue weighted by Gasteiger charge is 2.50. The average Bonchev–Trinajstić information content (AvgIpc) is 3.21. The van der Waals surface area contributed by atoms with Gasteiger partial charge in [-0.2, -0.15) is 0 Å². The highest BCUT2D eigenvalue weighted by Crippen LogP contribution is 2.30. The van der Waals surface area contributed by atoms with Crippen LogP contribution in [-0.4, -0.2) is 140 Å². The summed E-state index contributed by atoms with van der Waals surface area (Å²) in [5.74, 6) is -0.253. The van der Waals surface area contributed by atoms with Crippen LogP contribution in [0.3, 0.4) is 0 Å². The van der Waals surface area contributed by atoms with Gasteiger partial charge in [0.25, 0.3) is 0 Å². The molecule has 12 atom stereocenters. The van der Waals surface area contributed by atoms with E-state index in [1.165, 1.54) is 77.0 Å². The van der Waals surface area contributed by atoms with E-state index in [0.717, 1.165) is 38.5 Å². The SMILES string of the molecule is CCCCC/C=C/CC/C=C/C(O)C(COC1OC(CO)C(OC2OC(CO)C(O)C(O)C2O)C(O)C1O)NC(=O)CCCCCCCCCCCCCCCC. The van der Waals surface area contributed by atoms with Crippen LogP contribution in [0.15, 0.2) is 24.3 Å². The molecule has 2 heterocycles. The molecular weight excluding hydrogens is 738 g/mol. The maximum Gasteiger partial charge on any atom is 0.220 e. The molecule has 0 saturated carbocycles. The molecule has 57 heavy (non-hydrogen) atoms. The predicted molar refractivity (Wildman–Crippen MR) is 217 cm³/mol. The number of nitrogens with one attached hydrogen (secondary N) is 1. The van der Waals surface area contributed by atoms with Crippen LogP contribution in [0.1, 0.15) is 149 Å². The summed E-state index contributed by atoms with van der Waals surface area (Å²) in [6.45, 7) is 2.68. The first-order valence-electron chi connectivity index (χ1n) is 22.1. The molecule has 0 bridgehead atoms. The minimum atomic E-state index is -1.79. The first-order valence-corrected chi connectivity index (χ1v) is 22.1. The monoisotopic (exact) mass is 818 g/mol. The molecule has 0 radical (unpaired) electrons. The standard InChI is InChI=1S/C43H79NO13/c1-3-5-7-9-11-13-14-15-16-17-19-21-23-25-27-35(48)44-31(32(47)26-24-22-20-18-12-10-8-6-4-2)30-54-42-40(53)38(51)41(34(29-46)56-42)57-43-39(52)37(50)36(49)33(28-45)55-43/h12,18,24,26,31-34,36-43,45-47,49-53H,3-11,13-17,19-23,25,27-30H2,1-2H3,(H,44,48)/b18-12+,26-24+. The van der Waals surface area contributed by atoms with Crippen LogP contribution in [0.2, 0.25) is 0 Å². The van der Waals surface area contributed by atoms with Gasteiger partial charge in [0, 0.05) is 6.42 Å². The van der Waals surface area contributed by atoms with E-state index in [2.05, 4.69) is 31.3 Å². The summed E-state index contributed by atoms with van der Waals surface area (Å²) < 4.78 is 22.5. The Morgan fingerprint density at radius 3 is 1.72 bits per heavy atom. The molecule has 2 saturated heterocycles. The lowest BCUT2D eigenvalue weighted by Gasteiger charge is -2.46. The first-order chi connectivity index (χ1) is 27.6. The Labute approximate surface area is 341 Å². The number of amides is 1. The van der Waals surface area contributed by atoms with Crippen LogP contribution in [0.4, 0.5) is 0 Å². The molecule has 0 aromatic heterocycles. The summed E-state index contributed by atoms with van der Waals surface area (Å²) in [7, 11) is 0. The lowest BCUT2D eigenvalue weighted by atomic mass is 9.97. The maximum absolute atomic E-state index is 13.0. The fraction of sp³-hybridized carbons (Fsp3) is 0.884. The molecule has 2 fully saturated rings. The summed E-state index contributed by atoms with van der Waals surface area (Å²) in [6.07, 6.45) is 13.9. The van der Waals surface area contributed by atoms with Crippen molar-refractivity contribution in [3.63, 3.8) is 0 Å². The number of hydrogen-bond donors (Lipinski definition) is 9. The molecule has 334 valence electrons. The van der Waals surface area contributed by atoms with Crippen molar-refractivity contribution in [2.75, 3.05) is 19.8 Å². The van der Waals surface area contributed by atoms with Gasteiger partial charge in [-0.1, -0.05) is 134 Å². The van der Waals surface area contributed by atoms with Gasteiger partial charge in [0.05, 0.1) is 32.0 Å². The number of unbranched alkanes of at least 4 members (excludes halogenated alkanes) is 17. The normalized spacial score (nSPS) is 29.3. The van der Waals surface area contributed by atoms with Crippen LogP contribution in [0, 0.1) is 0 Å². The van der Waals surface area contributed by atoms with Gasteiger partial charge in [-0.3, -0.25) is 4.79 Å². The number of aliphatic hydroxyl groups is 8. The maximum atomic E-state index is 13.0. The van der Waals surface area contributed by atoms with Crippen LogP contribution < -0.4 is 5.32 Å². The summed E-state index contributed by atoms with van der Waals surface area (Å²) >= 11 is 0. The van der Waals surface area contributed by atoms with Crippen molar-refractivity contribution >= 4 is 5.91 Å². The molecule has 0 aromatic carbocycles. The van der Waals surface area contributed by atoms with Crippen LogP contribution in [0.5, 0.6) is 0 Å². The van der Waals surface area contributed by atoms with Gasteiger partial charge in [-0.25, -0.2) is 0 Å². The van der Waals surface area contributed by atoms with Crippen molar-refractivity contribution in [3.05, 3.63) is 24.3 Å². The Hall–Kier alpha value is -1.53. The fourth-order valence-electron chi connectivity index (χ4n) is 7.19. The number of aliphatic hydroxyl groups excluding tert-OH is 8. The Morgan fingerprint density at radius 1 is 0.614 bits per heavy atom. The minimum Gasteiger partial charge on any atom is -0.394 e. The average molecular weight is 818 g/mol. The van der Waals surface area contributed by atoms with Crippen molar-refractivity contribution in [1.29, 1.82) is 0 Å². The van der Waals surface area contributed by atoms with Gasteiger partial charge in [-0.05, 0) is 32.1 Å². The lowest BCUT2D eigenvalue weighted by molar-refractivity contribution is -0.359. The molecule has 0 spiro atoms. The summed E-state index contributed by atoms with van der Waals surface area (Å²) in [5.41, 5.74) is 0. The third kappa shape index (κ3) is 20.1. The largest absolute Gasteiger partial charge is 0.394 e. The van der Waals surface area contributed by atoms with E-state index in [1.807, 2.05) is 6.08 Å². The van der Waals surface area contributed by atoms with Gasteiger partial charge in [0.15, 0.2) is 12.6 Å². The zero-order valence-electron chi connectivity index (χ0n) is 34.8. The molecule has 2 aliphatic heterocycles. The van der Waals surface area contributed by atoms with E-state index in [1.54, 1.807) is 6.08 Å². The van der Waals surface area contributed by atoms with Gasteiger partial charge >= 0.3 is 0 Å². The van der Waals surface area contributed by atoms with Gasteiger partial charge in [0.2, 0.25) is 5.91 Å². The topological polar surface area (TPSA) is 228 Å². The second-order valence-corrected chi connectivity index (χ2v) is 15.8. The number of ether oxygens (including phenoxy) is 4. The van der Waals surface area contributed by atoms with Crippen molar-refractivity contribution < 1.29 is 64.6 Å². The van der Waals surface area contributed by atoms with Crippen LogP contribution >= 0.6 is 0 Å². The van der Waals surface area contributed by atoms with Crippen LogP contribution in [-0.2, 0) is 23.7 Å². The van der Waals surface area contributed by atoms with E-state index in [9.17, 15) is 45.6 Å². The highest BCUT2D eigenvalue weighted by atomic mass is 16.7. The smallest absolute Gasteiger partial charge is 0.220 e. The van der Waals surface area contributed by atoms with Crippen molar-refractivity contribution in [2.24, 2.45) is 0 Å². The second kappa shape index (κ2) is 31.4. The van der Waals surface area contributed by atoms with E-state index in [-0.39, 0.29) is 18.9 Å². The fourth-order valence-corrected chi connectivity index (χ4v) is 7.19. The van der Waals surface area contributed by atoms with Gasteiger partial charge < -0.3 is 65.1 Å². The minimum absolute atomic E-state index is 0.253. The summed E-state index contributed by atoms with van der Waals surface area (Å²) in [4.78, 5) is 13.0. The highest BCUT2D eigenvalue weighted by molar-refractivity contribution is 5.76. The van der Waals surface area contributed by atoms with E-state index in [4.69, 9.17) is 18.9 Å². The van der Waals surface area contributed by atoms with Crippen molar-refractivity contribution in [3.8, 4) is 0 Å². The first kappa shape index (κ1) is 51.6. The predicted octanol–water partition coefficient (Wildman–Crippen LogP) is 3.82. The third-order valence-corrected chi connectivity index (χ3v) is 10.9. The van der Waals surface area contributed by atoms with E-state index < -0.39 is 86.8 Å². The molecular formula is C43H79NO13. The van der Waals surface area contributed by atoms with Gasteiger partial charge in [-0.15, -0.1) is 0 Å². The number of allylic oxidation sites excluding steroid dienone is 3. The Morgan fingerprint density at radius 2 is 1.12 bits per heavy atom. The second-order valence-electron chi connectivity index (χ2n) is 15.8. The van der Waals surface area contributed by atoms with Crippen molar-refractivity contribution in [2.45, 2.75) is 222 Å². The molecule has 14 heteroatoms. The lowest BCUT2D eigenvalue weighted by Crippen LogP contribution is -2.65. The Balaban J connectivity index is 1.90. The van der Waals surface area contributed by atoms with Crippen LogP contribution in [0.25, 0.3) is 0 Å². The molecule has 0 aromatic rings. The quantitative estimate of drug-likeness (QED) is 0.0348. The molecule has 1 amide bonds. The third-order valence-electron chi connectivity index (χ3n) is 10.9. The molecule has 9 N–H and O–H groups in total. The molecule has 2 aliphatic rings. The zero-order valence-corrected chi connectivity index (χ0v) is 34.8. The summed E-state index contributed by atoms with van der Waals surface area (Å²) in [5, 5.41) is 86.2. The Kier molecular flexibility index (Phi) is 28.4. The molecule has 12 unspecified atom stereocenters. The van der Waals surface area contributed by atoms with Crippen molar-refractivity contribution in [1.82, 2.24) is 5.32 Å². The zero-order chi connectivity index (χ0) is 41.8. The Bertz CT molecular complexity index is 1060. The molecule has 0 aliphatic carbocycles. The number of rotatable bonds is 32. The van der Waals surface area contributed by atoms with E-state index in [0.29, 0.717) is 12.8 Å².